The molecule has 0 bridgehead atoms. The molecule has 0 aliphatic carbocycles. The molecule has 0 amide bonds. The molecular weight excluding hydrogens is 422 g/mol. The van der Waals surface area contributed by atoms with Crippen LogP contribution < -0.4 is 0 Å². The minimum absolute atomic E-state index is 1.18. The van der Waals surface area contributed by atoms with Crippen molar-refractivity contribution in [3.05, 3.63) is 140 Å². The highest BCUT2D eigenvalue weighted by molar-refractivity contribution is 6.18. The van der Waals surface area contributed by atoms with Gasteiger partial charge in [-0.15, -0.1) is 0 Å². The number of fused-ring (bicyclic) bond motifs is 5. The highest BCUT2D eigenvalue weighted by Gasteiger charge is 2.15. The van der Waals surface area contributed by atoms with E-state index >= 15 is 0 Å². The molecule has 164 valence electrons. The maximum Gasteiger partial charge on any atom is 0.0619 e. The van der Waals surface area contributed by atoms with E-state index in [1.807, 2.05) is 0 Å². The fraction of sp³-hybridized carbons (Fsp3) is 0. The Labute approximate surface area is 204 Å². The van der Waals surface area contributed by atoms with E-state index in [9.17, 15) is 0 Å². The summed E-state index contributed by atoms with van der Waals surface area (Å²) in [5.74, 6) is 0. The monoisotopic (exact) mass is 445 g/mol. The van der Waals surface area contributed by atoms with Gasteiger partial charge in [-0.2, -0.15) is 0 Å². The van der Waals surface area contributed by atoms with Gasteiger partial charge in [0, 0.05) is 21.8 Å². The number of hydrogen-bond donors (Lipinski definition) is 0. The van der Waals surface area contributed by atoms with Crippen LogP contribution in [0.15, 0.2) is 140 Å². The van der Waals surface area contributed by atoms with Crippen LogP contribution in [0.2, 0.25) is 0 Å². The van der Waals surface area contributed by atoms with Crippen LogP contribution in [0.5, 0.6) is 0 Å². The smallest absolute Gasteiger partial charge is 0.0619 e. The standard InChI is InChI=1S/C34H23N/c1-2-9-24(10-3-1)25-17-19-26(20-18-25)28-12-8-13-29(23-28)35-33-16-7-6-15-31(33)32-22-21-27-11-4-5-14-30(27)34(32)35/h1-23H. The van der Waals surface area contributed by atoms with Crippen LogP contribution in [0.4, 0.5) is 0 Å². The molecule has 1 heteroatoms. The van der Waals surface area contributed by atoms with Gasteiger partial charge in [0.1, 0.15) is 0 Å². The Morgan fingerprint density at radius 2 is 1.00 bits per heavy atom. The molecule has 1 aromatic heterocycles. The van der Waals surface area contributed by atoms with Gasteiger partial charge in [0.15, 0.2) is 0 Å². The van der Waals surface area contributed by atoms with E-state index in [2.05, 4.69) is 144 Å². The maximum absolute atomic E-state index is 2.43. The second kappa shape index (κ2) is 8.00. The Hall–Kier alpha value is -4.62. The molecule has 6 aromatic carbocycles. The van der Waals surface area contributed by atoms with Gasteiger partial charge in [-0.25, -0.2) is 0 Å². The lowest BCUT2D eigenvalue weighted by molar-refractivity contribution is 1.19. The maximum atomic E-state index is 2.43. The quantitative estimate of drug-likeness (QED) is 0.255. The lowest BCUT2D eigenvalue weighted by Crippen LogP contribution is -1.95. The number of benzene rings is 6. The molecule has 35 heavy (non-hydrogen) atoms. The van der Waals surface area contributed by atoms with Crippen molar-refractivity contribution in [1.29, 1.82) is 0 Å². The SMILES string of the molecule is c1ccc(-c2ccc(-c3cccc(-n4c5ccccc5c5ccc6ccccc6c54)c3)cc2)cc1. The van der Waals surface area contributed by atoms with Crippen molar-refractivity contribution < 1.29 is 0 Å². The molecule has 0 aliphatic heterocycles. The number of nitrogens with zero attached hydrogens (tertiary/aromatic N) is 1. The van der Waals surface area contributed by atoms with E-state index in [1.165, 1.54) is 60.5 Å². The van der Waals surface area contributed by atoms with Crippen molar-refractivity contribution in [2.45, 2.75) is 0 Å². The highest BCUT2D eigenvalue weighted by atomic mass is 15.0. The van der Waals surface area contributed by atoms with Gasteiger partial charge < -0.3 is 4.57 Å². The minimum atomic E-state index is 1.18. The van der Waals surface area contributed by atoms with Crippen molar-refractivity contribution in [2.24, 2.45) is 0 Å². The second-order valence-electron chi connectivity index (χ2n) is 9.03. The fourth-order valence-corrected chi connectivity index (χ4v) is 5.31. The van der Waals surface area contributed by atoms with Crippen molar-refractivity contribution >= 4 is 32.6 Å². The van der Waals surface area contributed by atoms with E-state index < -0.39 is 0 Å². The minimum Gasteiger partial charge on any atom is -0.309 e. The third kappa shape index (κ3) is 3.25. The highest BCUT2D eigenvalue weighted by Crippen LogP contribution is 2.37. The summed E-state index contributed by atoms with van der Waals surface area (Å²) in [4.78, 5) is 0. The zero-order valence-corrected chi connectivity index (χ0v) is 19.2. The van der Waals surface area contributed by atoms with Gasteiger partial charge >= 0.3 is 0 Å². The van der Waals surface area contributed by atoms with E-state index in [-0.39, 0.29) is 0 Å². The number of para-hydroxylation sites is 1. The molecule has 0 unspecified atom stereocenters. The van der Waals surface area contributed by atoms with Gasteiger partial charge in [0.25, 0.3) is 0 Å². The van der Waals surface area contributed by atoms with Gasteiger partial charge in [0.05, 0.1) is 11.0 Å². The van der Waals surface area contributed by atoms with Crippen LogP contribution >= 0.6 is 0 Å². The summed E-state index contributed by atoms with van der Waals surface area (Å²) in [6, 6.07) is 50.2. The molecule has 0 spiro atoms. The van der Waals surface area contributed by atoms with Crippen molar-refractivity contribution in [3.8, 4) is 27.9 Å². The number of rotatable bonds is 3. The van der Waals surface area contributed by atoms with Crippen LogP contribution in [-0.2, 0) is 0 Å². The zero-order valence-electron chi connectivity index (χ0n) is 19.2. The third-order valence-electron chi connectivity index (χ3n) is 6.99. The van der Waals surface area contributed by atoms with E-state index in [1.54, 1.807) is 0 Å². The van der Waals surface area contributed by atoms with Crippen molar-refractivity contribution in [2.75, 3.05) is 0 Å². The molecule has 0 saturated carbocycles. The first-order valence-electron chi connectivity index (χ1n) is 12.0. The van der Waals surface area contributed by atoms with Crippen LogP contribution in [-0.4, -0.2) is 4.57 Å². The van der Waals surface area contributed by atoms with Crippen molar-refractivity contribution in [3.63, 3.8) is 0 Å². The summed E-state index contributed by atoms with van der Waals surface area (Å²) in [5, 5.41) is 5.11. The third-order valence-corrected chi connectivity index (χ3v) is 6.99. The van der Waals surface area contributed by atoms with E-state index in [0.29, 0.717) is 0 Å². The zero-order chi connectivity index (χ0) is 23.2. The molecule has 0 radical (unpaired) electrons. The Kier molecular flexibility index (Phi) is 4.53. The second-order valence-corrected chi connectivity index (χ2v) is 9.03. The summed E-state index contributed by atoms with van der Waals surface area (Å²) >= 11 is 0. The largest absolute Gasteiger partial charge is 0.309 e. The summed E-state index contributed by atoms with van der Waals surface area (Å²) in [6.07, 6.45) is 0. The van der Waals surface area contributed by atoms with Crippen molar-refractivity contribution in [1.82, 2.24) is 4.57 Å². The fourth-order valence-electron chi connectivity index (χ4n) is 5.31. The average molecular weight is 446 g/mol. The Morgan fingerprint density at radius 1 is 0.371 bits per heavy atom. The predicted octanol–water partition coefficient (Wildman–Crippen LogP) is 9.27. The van der Waals surface area contributed by atoms with Crippen LogP contribution in [0, 0.1) is 0 Å². The average Bonchev–Trinajstić information content (AvgIpc) is 3.29. The molecule has 0 aliphatic rings. The summed E-state index contributed by atoms with van der Waals surface area (Å²) < 4.78 is 2.43. The van der Waals surface area contributed by atoms with Gasteiger partial charge in [0.2, 0.25) is 0 Å². The molecule has 7 aromatic rings. The molecule has 0 fully saturated rings. The first kappa shape index (κ1) is 19.8. The summed E-state index contributed by atoms with van der Waals surface area (Å²) in [6.45, 7) is 0. The lowest BCUT2D eigenvalue weighted by atomic mass is 10.00. The molecule has 0 N–H and O–H groups in total. The molecule has 0 saturated heterocycles. The topological polar surface area (TPSA) is 4.93 Å². The number of aromatic nitrogens is 1. The first-order valence-corrected chi connectivity index (χ1v) is 12.0. The van der Waals surface area contributed by atoms with Gasteiger partial charge in [-0.1, -0.05) is 121 Å². The normalized spacial score (nSPS) is 11.4. The molecule has 0 atom stereocenters. The summed E-state index contributed by atoms with van der Waals surface area (Å²) in [5.41, 5.74) is 8.59. The Bertz CT molecular complexity index is 1820. The lowest BCUT2D eigenvalue weighted by Gasteiger charge is -2.12. The van der Waals surface area contributed by atoms with Gasteiger partial charge in [-0.05, 0) is 45.8 Å². The van der Waals surface area contributed by atoms with E-state index in [4.69, 9.17) is 0 Å². The van der Waals surface area contributed by atoms with Crippen LogP contribution in [0.3, 0.4) is 0 Å². The van der Waals surface area contributed by atoms with Crippen LogP contribution in [0.25, 0.3) is 60.5 Å². The molecular formula is C34H23N. The Morgan fingerprint density at radius 3 is 1.83 bits per heavy atom. The first-order chi connectivity index (χ1) is 17.4. The Balaban J connectivity index is 1.42. The molecule has 1 nitrogen and oxygen atoms in total. The summed E-state index contributed by atoms with van der Waals surface area (Å²) in [7, 11) is 0. The van der Waals surface area contributed by atoms with Crippen LogP contribution in [0.1, 0.15) is 0 Å². The molecule has 7 rings (SSSR count). The molecule has 1 heterocycles. The predicted molar refractivity (Wildman–Crippen MR) is 149 cm³/mol. The van der Waals surface area contributed by atoms with E-state index in [0.717, 1.165) is 0 Å². The number of hydrogen-bond acceptors (Lipinski definition) is 0. The van der Waals surface area contributed by atoms with Gasteiger partial charge in [-0.3, -0.25) is 0 Å².